The molecule has 1 aliphatic rings. The normalized spacial score (nSPS) is 13.7. The smallest absolute Gasteiger partial charge is 0.339 e. The highest BCUT2D eigenvalue weighted by Gasteiger charge is 2.27. The number of aryl methyl sites for hydroxylation is 1. The average molecular weight is 388 g/mol. The first-order chi connectivity index (χ1) is 14.1. The molecule has 0 saturated heterocycles. The molecule has 5 nitrogen and oxygen atoms in total. The van der Waals surface area contributed by atoms with Gasteiger partial charge in [-0.15, -0.1) is 0 Å². The minimum atomic E-state index is -0.859. The molecule has 29 heavy (non-hydrogen) atoms. The van der Waals surface area contributed by atoms with Crippen molar-refractivity contribution in [3.63, 3.8) is 0 Å². The fourth-order valence-electron chi connectivity index (χ4n) is 3.84. The molecule has 0 fully saturated rings. The molecule has 1 aliphatic carbocycles. The Morgan fingerprint density at radius 3 is 2.66 bits per heavy atom. The number of carbonyl (C=O) groups excluding carboxylic acids is 2. The number of fused-ring (bicyclic) bond motifs is 2. The fourth-order valence-corrected chi connectivity index (χ4v) is 3.84. The summed E-state index contributed by atoms with van der Waals surface area (Å²) >= 11 is 0. The zero-order valence-electron chi connectivity index (χ0n) is 16.5. The molecule has 0 unspecified atom stereocenters. The number of benzene rings is 2. The number of nitrogens with zero attached hydrogens (tertiary/aromatic N) is 1. The molecule has 2 aromatic carbocycles. The summed E-state index contributed by atoms with van der Waals surface area (Å²) < 4.78 is 5.56. The molecule has 1 aromatic heterocycles. The van der Waals surface area contributed by atoms with Crippen LogP contribution in [0.5, 0.6) is 0 Å². The van der Waals surface area contributed by atoms with Gasteiger partial charge in [-0.05, 0) is 49.8 Å². The zero-order valence-corrected chi connectivity index (χ0v) is 16.5. The number of hydrogen-bond donors (Lipinski definition) is 1. The Morgan fingerprint density at radius 2 is 1.83 bits per heavy atom. The molecule has 1 atom stereocenters. The molecule has 3 aromatic rings. The van der Waals surface area contributed by atoms with E-state index in [-0.39, 0.29) is 5.91 Å². The zero-order chi connectivity index (χ0) is 20.2. The highest BCUT2D eigenvalue weighted by Crippen LogP contribution is 2.30. The van der Waals surface area contributed by atoms with Gasteiger partial charge < -0.3 is 10.1 Å². The standard InChI is InChI=1S/C24H24N2O3/c1-16(23(27)25-15-14-17-8-3-2-4-9-17)29-24(28)22-18-10-5-6-12-20(18)26-21-13-7-11-19(21)22/h2-6,8-10,12,16H,7,11,13-15H2,1H3,(H,25,27)/t16-/m1/s1. The Hall–Kier alpha value is -3.21. The van der Waals surface area contributed by atoms with Crippen LogP contribution in [-0.4, -0.2) is 29.5 Å². The third kappa shape index (κ3) is 4.14. The van der Waals surface area contributed by atoms with Crippen LogP contribution in [0.25, 0.3) is 10.9 Å². The predicted octanol–water partition coefficient (Wildman–Crippen LogP) is 3.63. The van der Waals surface area contributed by atoms with Crippen molar-refractivity contribution in [2.75, 3.05) is 6.54 Å². The van der Waals surface area contributed by atoms with E-state index in [1.807, 2.05) is 54.6 Å². The van der Waals surface area contributed by atoms with Crippen LogP contribution >= 0.6 is 0 Å². The maximum atomic E-state index is 13.0. The summed E-state index contributed by atoms with van der Waals surface area (Å²) in [6, 6.07) is 17.5. The SMILES string of the molecule is C[C@@H](OC(=O)c1c2c(nc3ccccc13)CCC2)C(=O)NCCc1ccccc1. The van der Waals surface area contributed by atoms with Gasteiger partial charge in [-0.3, -0.25) is 9.78 Å². The third-order valence-electron chi connectivity index (χ3n) is 5.33. The van der Waals surface area contributed by atoms with Gasteiger partial charge in [0.15, 0.2) is 6.10 Å². The molecule has 0 aliphatic heterocycles. The minimum Gasteiger partial charge on any atom is -0.449 e. The number of rotatable bonds is 6. The second kappa shape index (κ2) is 8.43. The molecule has 1 amide bonds. The molecule has 1 heterocycles. The van der Waals surface area contributed by atoms with Gasteiger partial charge in [0.1, 0.15) is 0 Å². The number of para-hydroxylation sites is 1. The second-order valence-electron chi connectivity index (χ2n) is 7.36. The molecule has 0 saturated carbocycles. The monoisotopic (exact) mass is 388 g/mol. The summed E-state index contributed by atoms with van der Waals surface area (Å²) in [5, 5.41) is 3.64. The number of hydrogen-bond acceptors (Lipinski definition) is 4. The molecular formula is C24H24N2O3. The van der Waals surface area contributed by atoms with Crippen LogP contribution in [0.3, 0.4) is 0 Å². The van der Waals surface area contributed by atoms with E-state index in [2.05, 4.69) is 5.32 Å². The summed E-state index contributed by atoms with van der Waals surface area (Å²) in [6.45, 7) is 2.11. The maximum absolute atomic E-state index is 13.0. The number of ether oxygens (including phenoxy) is 1. The number of carbonyl (C=O) groups is 2. The van der Waals surface area contributed by atoms with Crippen molar-refractivity contribution in [3.8, 4) is 0 Å². The van der Waals surface area contributed by atoms with Crippen molar-refractivity contribution in [1.82, 2.24) is 10.3 Å². The summed E-state index contributed by atoms with van der Waals surface area (Å²) in [4.78, 5) is 30.1. The Labute approximate surface area is 170 Å². The Kier molecular flexibility index (Phi) is 5.56. The van der Waals surface area contributed by atoms with Crippen LogP contribution in [0.4, 0.5) is 0 Å². The van der Waals surface area contributed by atoms with E-state index in [0.29, 0.717) is 12.1 Å². The van der Waals surface area contributed by atoms with E-state index >= 15 is 0 Å². The average Bonchev–Trinajstić information content (AvgIpc) is 3.20. The van der Waals surface area contributed by atoms with Crippen LogP contribution in [0, 0.1) is 0 Å². The van der Waals surface area contributed by atoms with Crippen LogP contribution in [0.2, 0.25) is 0 Å². The van der Waals surface area contributed by atoms with Gasteiger partial charge in [-0.1, -0.05) is 48.5 Å². The van der Waals surface area contributed by atoms with E-state index in [1.54, 1.807) is 6.92 Å². The van der Waals surface area contributed by atoms with Gasteiger partial charge in [0.05, 0.1) is 11.1 Å². The van der Waals surface area contributed by atoms with Crippen LogP contribution in [0.15, 0.2) is 54.6 Å². The van der Waals surface area contributed by atoms with Gasteiger partial charge >= 0.3 is 5.97 Å². The summed E-state index contributed by atoms with van der Waals surface area (Å²) in [6.07, 6.45) is 2.54. The largest absolute Gasteiger partial charge is 0.449 e. The first-order valence-electron chi connectivity index (χ1n) is 10.1. The fraction of sp³-hybridized carbons (Fsp3) is 0.292. The van der Waals surface area contributed by atoms with Gasteiger partial charge in [0.2, 0.25) is 0 Å². The van der Waals surface area contributed by atoms with Crippen LogP contribution < -0.4 is 5.32 Å². The number of pyridine rings is 1. The number of aromatic nitrogens is 1. The lowest BCUT2D eigenvalue weighted by Crippen LogP contribution is -2.37. The van der Waals surface area contributed by atoms with Crippen LogP contribution in [-0.2, 0) is 28.8 Å². The van der Waals surface area contributed by atoms with E-state index in [1.165, 1.54) is 0 Å². The first-order valence-corrected chi connectivity index (χ1v) is 10.1. The molecule has 5 heteroatoms. The van der Waals surface area contributed by atoms with Crippen molar-refractivity contribution < 1.29 is 14.3 Å². The summed E-state index contributed by atoms with van der Waals surface area (Å²) in [7, 11) is 0. The number of amides is 1. The lowest BCUT2D eigenvalue weighted by atomic mass is 10.0. The molecule has 0 spiro atoms. The van der Waals surface area contributed by atoms with Crippen molar-refractivity contribution in [2.24, 2.45) is 0 Å². The summed E-state index contributed by atoms with van der Waals surface area (Å²) in [5.41, 5.74) is 4.43. The molecule has 1 N–H and O–H groups in total. The van der Waals surface area contributed by atoms with Gasteiger partial charge in [-0.2, -0.15) is 0 Å². The lowest BCUT2D eigenvalue weighted by Gasteiger charge is -2.16. The topological polar surface area (TPSA) is 68.3 Å². The first kappa shape index (κ1) is 19.1. The third-order valence-corrected chi connectivity index (χ3v) is 5.33. The highest BCUT2D eigenvalue weighted by atomic mass is 16.5. The van der Waals surface area contributed by atoms with Crippen molar-refractivity contribution in [3.05, 3.63) is 77.0 Å². The van der Waals surface area contributed by atoms with Gasteiger partial charge in [-0.25, -0.2) is 4.79 Å². The van der Waals surface area contributed by atoms with Crippen LogP contribution in [0.1, 0.15) is 40.5 Å². The number of nitrogens with one attached hydrogen (secondary N) is 1. The lowest BCUT2D eigenvalue weighted by molar-refractivity contribution is -0.129. The van der Waals surface area contributed by atoms with Crippen molar-refractivity contribution in [1.29, 1.82) is 0 Å². The van der Waals surface area contributed by atoms with Crippen molar-refractivity contribution in [2.45, 2.75) is 38.7 Å². The van der Waals surface area contributed by atoms with Gasteiger partial charge in [0, 0.05) is 17.6 Å². The predicted molar refractivity (Wildman–Crippen MR) is 112 cm³/mol. The van der Waals surface area contributed by atoms with Gasteiger partial charge in [0.25, 0.3) is 5.91 Å². The minimum absolute atomic E-state index is 0.288. The quantitative estimate of drug-likeness (QED) is 0.655. The molecule has 4 rings (SSSR count). The van der Waals surface area contributed by atoms with E-state index in [9.17, 15) is 9.59 Å². The Bertz CT molecular complexity index is 1050. The molecule has 148 valence electrons. The van der Waals surface area contributed by atoms with Crippen molar-refractivity contribution >= 4 is 22.8 Å². The maximum Gasteiger partial charge on any atom is 0.339 e. The molecular weight excluding hydrogens is 364 g/mol. The highest BCUT2D eigenvalue weighted by molar-refractivity contribution is 6.05. The summed E-state index contributed by atoms with van der Waals surface area (Å²) in [5.74, 6) is -0.739. The van der Waals surface area contributed by atoms with E-state index < -0.39 is 12.1 Å². The molecule has 0 bridgehead atoms. The Morgan fingerprint density at radius 1 is 1.07 bits per heavy atom. The Balaban J connectivity index is 1.44. The second-order valence-corrected chi connectivity index (χ2v) is 7.36. The van der Waals surface area contributed by atoms with E-state index in [0.717, 1.165) is 53.4 Å². The molecule has 0 radical (unpaired) electrons. The number of esters is 1. The van der Waals surface area contributed by atoms with E-state index in [4.69, 9.17) is 9.72 Å².